The van der Waals surface area contributed by atoms with Crippen LogP contribution >= 0.6 is 11.8 Å². The topological polar surface area (TPSA) is 34.1 Å². The molecule has 1 fully saturated rings. The molecule has 1 heterocycles. The SMILES string of the molecule is O=C1CC2C(=O)CCC=C2S1. The minimum Gasteiger partial charge on any atom is -0.299 e. The summed E-state index contributed by atoms with van der Waals surface area (Å²) in [6.45, 7) is 0. The molecule has 2 aliphatic rings. The van der Waals surface area contributed by atoms with Crippen molar-refractivity contribution in [2.75, 3.05) is 0 Å². The summed E-state index contributed by atoms with van der Waals surface area (Å²) in [6.07, 6.45) is 3.92. The Kier molecular flexibility index (Phi) is 1.60. The average Bonchev–Trinajstić information content (AvgIpc) is 2.31. The summed E-state index contributed by atoms with van der Waals surface area (Å²) in [7, 11) is 0. The van der Waals surface area contributed by atoms with Crippen molar-refractivity contribution >= 4 is 22.7 Å². The van der Waals surface area contributed by atoms with E-state index in [1.807, 2.05) is 6.08 Å². The lowest BCUT2D eigenvalue weighted by atomic mass is 9.92. The first-order valence-electron chi connectivity index (χ1n) is 3.71. The Hall–Kier alpha value is -0.570. The van der Waals surface area contributed by atoms with Crippen LogP contribution in [0.25, 0.3) is 0 Å². The summed E-state index contributed by atoms with van der Waals surface area (Å²) in [5.41, 5.74) is 0. The maximum absolute atomic E-state index is 11.2. The minimum atomic E-state index is -0.0544. The minimum absolute atomic E-state index is 0.0544. The number of fused-ring (bicyclic) bond motifs is 1. The molecule has 0 N–H and O–H groups in total. The van der Waals surface area contributed by atoms with Gasteiger partial charge in [-0.2, -0.15) is 0 Å². The smallest absolute Gasteiger partial charge is 0.194 e. The van der Waals surface area contributed by atoms with Crippen LogP contribution in [-0.2, 0) is 9.59 Å². The molecule has 0 radical (unpaired) electrons. The third-order valence-electron chi connectivity index (χ3n) is 2.07. The van der Waals surface area contributed by atoms with Crippen molar-refractivity contribution < 1.29 is 9.59 Å². The zero-order chi connectivity index (χ0) is 7.84. The molecule has 0 bridgehead atoms. The van der Waals surface area contributed by atoms with Crippen molar-refractivity contribution in [1.29, 1.82) is 0 Å². The van der Waals surface area contributed by atoms with Gasteiger partial charge in [-0.25, -0.2) is 0 Å². The summed E-state index contributed by atoms with van der Waals surface area (Å²) in [5, 5.41) is 0.150. The van der Waals surface area contributed by atoms with Gasteiger partial charge >= 0.3 is 0 Å². The highest BCUT2D eigenvalue weighted by molar-refractivity contribution is 8.17. The molecule has 1 unspecified atom stereocenters. The lowest BCUT2D eigenvalue weighted by Crippen LogP contribution is -2.15. The van der Waals surface area contributed by atoms with E-state index >= 15 is 0 Å². The van der Waals surface area contributed by atoms with Gasteiger partial charge in [0, 0.05) is 12.8 Å². The van der Waals surface area contributed by atoms with Crippen LogP contribution in [0, 0.1) is 5.92 Å². The van der Waals surface area contributed by atoms with Gasteiger partial charge in [-0.05, 0) is 11.3 Å². The monoisotopic (exact) mass is 168 g/mol. The van der Waals surface area contributed by atoms with Gasteiger partial charge in [0.15, 0.2) is 5.12 Å². The molecular formula is C8H8O2S. The van der Waals surface area contributed by atoms with Gasteiger partial charge in [-0.1, -0.05) is 17.8 Å². The van der Waals surface area contributed by atoms with E-state index in [0.29, 0.717) is 12.8 Å². The molecule has 58 valence electrons. The van der Waals surface area contributed by atoms with Crippen molar-refractivity contribution in [3.05, 3.63) is 11.0 Å². The molecule has 0 saturated carbocycles. The molecule has 1 aliphatic carbocycles. The second kappa shape index (κ2) is 2.48. The van der Waals surface area contributed by atoms with Crippen LogP contribution in [0.1, 0.15) is 19.3 Å². The molecule has 1 saturated heterocycles. The number of carbonyl (C=O) groups is 2. The third kappa shape index (κ3) is 1.13. The molecular weight excluding hydrogens is 160 g/mol. The first kappa shape index (κ1) is 7.10. The zero-order valence-corrected chi connectivity index (χ0v) is 6.82. The first-order chi connectivity index (χ1) is 5.27. The van der Waals surface area contributed by atoms with Crippen LogP contribution in [0.2, 0.25) is 0 Å². The molecule has 2 rings (SSSR count). The molecule has 0 spiro atoms. The predicted octanol–water partition coefficient (Wildman–Crippen LogP) is 1.51. The fraction of sp³-hybridized carbons (Fsp3) is 0.500. The molecule has 0 aromatic heterocycles. The van der Waals surface area contributed by atoms with E-state index in [2.05, 4.69) is 0 Å². The van der Waals surface area contributed by atoms with Gasteiger partial charge in [0.05, 0.1) is 5.92 Å². The number of ketones is 1. The van der Waals surface area contributed by atoms with Crippen molar-refractivity contribution in [1.82, 2.24) is 0 Å². The summed E-state index contributed by atoms with van der Waals surface area (Å²) in [5.74, 6) is 0.196. The molecule has 3 heteroatoms. The van der Waals surface area contributed by atoms with E-state index in [0.717, 1.165) is 11.3 Å². The van der Waals surface area contributed by atoms with E-state index < -0.39 is 0 Å². The van der Waals surface area contributed by atoms with Gasteiger partial charge in [0.1, 0.15) is 5.78 Å². The van der Waals surface area contributed by atoms with Gasteiger partial charge in [0.25, 0.3) is 0 Å². The Morgan fingerprint density at radius 1 is 1.45 bits per heavy atom. The molecule has 1 aliphatic heterocycles. The Labute approximate surface area is 69.0 Å². The number of allylic oxidation sites excluding steroid dienone is 2. The molecule has 0 aromatic rings. The maximum Gasteiger partial charge on any atom is 0.194 e. The quantitative estimate of drug-likeness (QED) is 0.550. The third-order valence-corrected chi connectivity index (χ3v) is 3.15. The van der Waals surface area contributed by atoms with E-state index in [-0.39, 0.29) is 16.8 Å². The number of carbonyl (C=O) groups excluding carboxylic acids is 2. The summed E-state index contributed by atoms with van der Waals surface area (Å²) >= 11 is 1.25. The van der Waals surface area contributed by atoms with Crippen LogP contribution in [0.5, 0.6) is 0 Å². The molecule has 0 amide bonds. The summed E-state index contributed by atoms with van der Waals surface area (Å²) in [4.78, 5) is 23.1. The van der Waals surface area contributed by atoms with E-state index in [4.69, 9.17) is 0 Å². The molecule has 2 nitrogen and oxygen atoms in total. The van der Waals surface area contributed by atoms with Crippen molar-refractivity contribution in [2.24, 2.45) is 5.92 Å². The van der Waals surface area contributed by atoms with E-state index in [1.165, 1.54) is 11.8 Å². The van der Waals surface area contributed by atoms with Crippen LogP contribution in [0.15, 0.2) is 11.0 Å². The van der Waals surface area contributed by atoms with Crippen LogP contribution in [0.3, 0.4) is 0 Å². The number of thioether (sulfide) groups is 1. The van der Waals surface area contributed by atoms with Gasteiger partial charge in [-0.3, -0.25) is 9.59 Å². The Bertz CT molecular complexity index is 255. The fourth-order valence-corrected chi connectivity index (χ4v) is 2.57. The van der Waals surface area contributed by atoms with Gasteiger partial charge in [-0.15, -0.1) is 0 Å². The number of Topliss-reactive ketones (excluding diaryl/α,β-unsaturated/α-hetero) is 1. The number of hydrogen-bond donors (Lipinski definition) is 0. The standard InChI is InChI=1S/C8H8O2S/c9-6-2-1-3-7-5(6)4-8(10)11-7/h3,5H,1-2,4H2. The Morgan fingerprint density at radius 3 is 3.00 bits per heavy atom. The zero-order valence-electron chi connectivity index (χ0n) is 6.00. The highest BCUT2D eigenvalue weighted by atomic mass is 32.2. The molecule has 0 aromatic carbocycles. The van der Waals surface area contributed by atoms with Crippen LogP contribution < -0.4 is 0 Å². The van der Waals surface area contributed by atoms with Gasteiger partial charge in [0.2, 0.25) is 0 Å². The fourth-order valence-electron chi connectivity index (χ4n) is 1.50. The van der Waals surface area contributed by atoms with E-state index in [1.54, 1.807) is 0 Å². The number of rotatable bonds is 0. The summed E-state index contributed by atoms with van der Waals surface area (Å²) < 4.78 is 0. The largest absolute Gasteiger partial charge is 0.299 e. The van der Waals surface area contributed by atoms with Crippen molar-refractivity contribution in [2.45, 2.75) is 19.3 Å². The second-order valence-corrected chi connectivity index (χ2v) is 3.97. The first-order valence-corrected chi connectivity index (χ1v) is 4.52. The average molecular weight is 168 g/mol. The highest BCUT2D eigenvalue weighted by Crippen LogP contribution is 2.41. The van der Waals surface area contributed by atoms with Crippen LogP contribution in [-0.4, -0.2) is 10.9 Å². The normalized spacial score (nSPS) is 30.2. The highest BCUT2D eigenvalue weighted by Gasteiger charge is 2.35. The maximum atomic E-state index is 11.2. The molecule has 11 heavy (non-hydrogen) atoms. The van der Waals surface area contributed by atoms with Crippen LogP contribution in [0.4, 0.5) is 0 Å². The lowest BCUT2D eigenvalue weighted by molar-refractivity contribution is -0.123. The Balaban J connectivity index is 2.30. The van der Waals surface area contributed by atoms with Crippen molar-refractivity contribution in [3.8, 4) is 0 Å². The van der Waals surface area contributed by atoms with E-state index in [9.17, 15) is 9.59 Å². The number of hydrogen-bond acceptors (Lipinski definition) is 3. The second-order valence-electron chi connectivity index (χ2n) is 2.84. The van der Waals surface area contributed by atoms with Gasteiger partial charge < -0.3 is 0 Å². The molecule has 1 atom stereocenters. The Morgan fingerprint density at radius 2 is 2.27 bits per heavy atom. The summed E-state index contributed by atoms with van der Waals surface area (Å²) in [6, 6.07) is 0. The predicted molar refractivity (Wildman–Crippen MR) is 43.0 cm³/mol. The van der Waals surface area contributed by atoms with Crippen molar-refractivity contribution in [3.63, 3.8) is 0 Å². The lowest BCUT2D eigenvalue weighted by Gasteiger charge is -2.12.